The Balaban J connectivity index is 2.43. The molecule has 0 unspecified atom stereocenters. The number of hydrogen-bond acceptors (Lipinski definition) is 4. The van der Waals surface area contributed by atoms with Gasteiger partial charge in [0.15, 0.2) is 0 Å². The highest BCUT2D eigenvalue weighted by atomic mass is 32.2. The number of sulfonamides is 1. The highest BCUT2D eigenvalue weighted by molar-refractivity contribution is 7.89. The highest BCUT2D eigenvalue weighted by Crippen LogP contribution is 2.41. The van der Waals surface area contributed by atoms with Gasteiger partial charge in [0.1, 0.15) is 10.6 Å². The normalized spacial score (nSPS) is 26.6. The summed E-state index contributed by atoms with van der Waals surface area (Å²) in [6.45, 7) is 5.76. The van der Waals surface area contributed by atoms with Gasteiger partial charge in [0.25, 0.3) is 0 Å². The van der Waals surface area contributed by atoms with E-state index in [2.05, 4.69) is 0 Å². The molecule has 112 valence electrons. The number of aliphatic hydroxyl groups is 1. The van der Waals surface area contributed by atoms with Gasteiger partial charge in [0.2, 0.25) is 10.0 Å². The zero-order valence-electron chi connectivity index (χ0n) is 12.3. The second-order valence-electron chi connectivity index (χ2n) is 6.08. The van der Waals surface area contributed by atoms with E-state index in [0.717, 1.165) is 0 Å². The van der Waals surface area contributed by atoms with Crippen LogP contribution in [0.15, 0.2) is 29.2 Å². The quantitative estimate of drug-likeness (QED) is 0.918. The fourth-order valence-electron chi connectivity index (χ4n) is 2.37. The Morgan fingerprint density at radius 1 is 1.20 bits per heavy atom. The lowest BCUT2D eigenvalue weighted by Crippen LogP contribution is -2.40. The number of para-hydroxylation sites is 1. The third kappa shape index (κ3) is 2.32. The zero-order chi connectivity index (χ0) is 15.2. The average Bonchev–Trinajstić information content (AvgIpc) is 2.59. The molecule has 0 bridgehead atoms. The van der Waals surface area contributed by atoms with Gasteiger partial charge in [-0.05, 0) is 19.1 Å². The Bertz CT molecular complexity index is 591. The summed E-state index contributed by atoms with van der Waals surface area (Å²) in [7, 11) is -2.23. The van der Waals surface area contributed by atoms with Gasteiger partial charge in [0, 0.05) is 18.5 Å². The van der Waals surface area contributed by atoms with Gasteiger partial charge >= 0.3 is 0 Å². The van der Waals surface area contributed by atoms with Crippen LogP contribution in [0.5, 0.6) is 5.75 Å². The van der Waals surface area contributed by atoms with Crippen molar-refractivity contribution >= 4 is 10.0 Å². The fourth-order valence-corrected chi connectivity index (χ4v) is 4.21. The average molecular weight is 299 g/mol. The predicted molar refractivity (Wildman–Crippen MR) is 76.2 cm³/mol. The number of β-amino-alcohol motifs (C(OH)–C–C–N with tert-alkyl or cyclic N) is 1. The first-order valence-corrected chi connectivity index (χ1v) is 7.91. The van der Waals surface area contributed by atoms with Crippen molar-refractivity contribution in [1.29, 1.82) is 0 Å². The van der Waals surface area contributed by atoms with Crippen LogP contribution in [0.2, 0.25) is 0 Å². The molecule has 0 aromatic heterocycles. The van der Waals surface area contributed by atoms with Crippen molar-refractivity contribution in [3.05, 3.63) is 24.3 Å². The number of ether oxygens (including phenoxy) is 1. The Kier molecular flexibility index (Phi) is 3.60. The van der Waals surface area contributed by atoms with Crippen molar-refractivity contribution in [1.82, 2.24) is 4.31 Å². The van der Waals surface area contributed by atoms with Crippen molar-refractivity contribution in [2.75, 3.05) is 20.2 Å². The molecule has 2 rings (SSSR count). The SMILES string of the molecule is COc1ccccc1S(=O)(=O)N1CC(C)(C)[C@](C)(O)C1. The molecule has 1 aliphatic heterocycles. The summed E-state index contributed by atoms with van der Waals surface area (Å²) in [4.78, 5) is 0.135. The van der Waals surface area contributed by atoms with Gasteiger partial charge in [-0.15, -0.1) is 0 Å². The standard InChI is InChI=1S/C14H21NO4S/c1-13(2)9-15(10-14(13,3)16)20(17,18)12-8-6-5-7-11(12)19-4/h5-8,16H,9-10H2,1-4H3/t14-/m1/s1. The molecule has 6 heteroatoms. The monoisotopic (exact) mass is 299 g/mol. The lowest BCUT2D eigenvalue weighted by Gasteiger charge is -2.31. The number of benzene rings is 1. The number of nitrogens with zero attached hydrogens (tertiary/aromatic N) is 1. The largest absolute Gasteiger partial charge is 0.495 e. The first-order chi connectivity index (χ1) is 9.12. The summed E-state index contributed by atoms with van der Waals surface area (Å²) in [6, 6.07) is 6.52. The number of hydrogen-bond donors (Lipinski definition) is 1. The summed E-state index contributed by atoms with van der Waals surface area (Å²) >= 11 is 0. The molecule has 1 aliphatic rings. The van der Waals surface area contributed by atoms with E-state index in [0.29, 0.717) is 5.75 Å². The summed E-state index contributed by atoms with van der Waals surface area (Å²) in [6.07, 6.45) is 0. The maximum Gasteiger partial charge on any atom is 0.246 e. The van der Waals surface area contributed by atoms with E-state index >= 15 is 0 Å². The molecule has 1 aromatic rings. The summed E-state index contributed by atoms with van der Waals surface area (Å²) in [5, 5.41) is 10.4. The van der Waals surface area contributed by atoms with E-state index < -0.39 is 21.0 Å². The fraction of sp³-hybridized carbons (Fsp3) is 0.571. The smallest absolute Gasteiger partial charge is 0.246 e. The molecule has 0 spiro atoms. The van der Waals surface area contributed by atoms with E-state index in [-0.39, 0.29) is 18.0 Å². The van der Waals surface area contributed by atoms with Gasteiger partial charge in [-0.25, -0.2) is 8.42 Å². The van der Waals surface area contributed by atoms with Crippen molar-refractivity contribution in [2.45, 2.75) is 31.3 Å². The Labute approximate surface area is 120 Å². The van der Waals surface area contributed by atoms with Crippen LogP contribution in [0.1, 0.15) is 20.8 Å². The summed E-state index contributed by atoms with van der Waals surface area (Å²) in [5.41, 5.74) is -1.55. The van der Waals surface area contributed by atoms with E-state index in [1.54, 1.807) is 25.1 Å². The van der Waals surface area contributed by atoms with E-state index in [1.807, 2.05) is 13.8 Å². The van der Waals surface area contributed by atoms with Gasteiger partial charge in [-0.3, -0.25) is 0 Å². The van der Waals surface area contributed by atoms with Crippen LogP contribution in [-0.4, -0.2) is 43.6 Å². The minimum atomic E-state index is -3.68. The van der Waals surface area contributed by atoms with E-state index in [4.69, 9.17) is 4.74 Å². The van der Waals surface area contributed by atoms with Gasteiger partial charge in [-0.1, -0.05) is 26.0 Å². The first-order valence-electron chi connectivity index (χ1n) is 6.47. The second kappa shape index (κ2) is 4.72. The molecule has 1 saturated heterocycles. The molecule has 5 nitrogen and oxygen atoms in total. The number of methoxy groups -OCH3 is 1. The minimum absolute atomic E-state index is 0.0837. The maximum absolute atomic E-state index is 12.7. The van der Waals surface area contributed by atoms with Crippen molar-refractivity contribution in [3.63, 3.8) is 0 Å². The van der Waals surface area contributed by atoms with E-state index in [1.165, 1.54) is 17.5 Å². The number of rotatable bonds is 3. The second-order valence-corrected chi connectivity index (χ2v) is 7.99. The Morgan fingerprint density at radius 2 is 1.80 bits per heavy atom. The molecular weight excluding hydrogens is 278 g/mol. The molecule has 1 atom stereocenters. The summed E-state index contributed by atoms with van der Waals surface area (Å²) < 4.78 is 31.9. The lowest BCUT2D eigenvalue weighted by atomic mass is 9.79. The highest BCUT2D eigenvalue weighted by Gasteiger charge is 2.51. The lowest BCUT2D eigenvalue weighted by molar-refractivity contribution is -0.0100. The van der Waals surface area contributed by atoms with Gasteiger partial charge in [-0.2, -0.15) is 4.31 Å². The van der Waals surface area contributed by atoms with Crippen LogP contribution in [0.25, 0.3) is 0 Å². The maximum atomic E-state index is 12.7. The zero-order valence-corrected chi connectivity index (χ0v) is 13.1. The topological polar surface area (TPSA) is 66.8 Å². The van der Waals surface area contributed by atoms with Gasteiger partial charge < -0.3 is 9.84 Å². The third-order valence-electron chi connectivity index (χ3n) is 4.20. The van der Waals surface area contributed by atoms with Crippen molar-refractivity contribution < 1.29 is 18.3 Å². The van der Waals surface area contributed by atoms with Crippen LogP contribution in [-0.2, 0) is 10.0 Å². The molecular formula is C14H21NO4S. The molecule has 1 fully saturated rings. The predicted octanol–water partition coefficient (Wildman–Crippen LogP) is 1.48. The third-order valence-corrected chi connectivity index (χ3v) is 6.03. The van der Waals surface area contributed by atoms with Gasteiger partial charge in [0.05, 0.1) is 12.7 Å². The molecule has 0 saturated carbocycles. The van der Waals surface area contributed by atoms with Crippen LogP contribution in [0.4, 0.5) is 0 Å². The van der Waals surface area contributed by atoms with Crippen LogP contribution < -0.4 is 4.74 Å². The molecule has 1 N–H and O–H groups in total. The Hall–Kier alpha value is -1.11. The molecule has 1 aromatic carbocycles. The molecule has 0 radical (unpaired) electrons. The van der Waals surface area contributed by atoms with Crippen molar-refractivity contribution in [3.8, 4) is 5.75 Å². The summed E-state index contributed by atoms with van der Waals surface area (Å²) in [5.74, 6) is 0.317. The first kappa shape index (κ1) is 15.3. The molecule has 20 heavy (non-hydrogen) atoms. The van der Waals surface area contributed by atoms with Crippen LogP contribution in [0, 0.1) is 5.41 Å². The molecule has 1 heterocycles. The van der Waals surface area contributed by atoms with Crippen LogP contribution in [0.3, 0.4) is 0 Å². The van der Waals surface area contributed by atoms with E-state index in [9.17, 15) is 13.5 Å². The minimum Gasteiger partial charge on any atom is -0.495 e. The van der Waals surface area contributed by atoms with Crippen molar-refractivity contribution in [2.24, 2.45) is 5.41 Å². The molecule has 0 aliphatic carbocycles. The molecule has 0 amide bonds. The Morgan fingerprint density at radius 3 is 2.30 bits per heavy atom. The van der Waals surface area contributed by atoms with Crippen LogP contribution >= 0.6 is 0 Å².